The Morgan fingerprint density at radius 1 is 1.11 bits per heavy atom. The van der Waals surface area contributed by atoms with Crippen LogP contribution in [0.2, 0.25) is 0 Å². The summed E-state index contributed by atoms with van der Waals surface area (Å²) < 4.78 is 8.66. The minimum atomic E-state index is -0.636. The van der Waals surface area contributed by atoms with Crippen molar-refractivity contribution in [3.05, 3.63) is 88.6 Å². The number of hydrogen-bond acceptors (Lipinski definition) is 5. The van der Waals surface area contributed by atoms with Crippen molar-refractivity contribution in [2.45, 2.75) is 13.5 Å². The van der Waals surface area contributed by atoms with Gasteiger partial charge in [0.15, 0.2) is 0 Å². The molecule has 0 aliphatic rings. The summed E-state index contributed by atoms with van der Waals surface area (Å²) in [5.41, 5.74) is 2.45. The predicted octanol–water partition coefficient (Wildman–Crippen LogP) is 2.81. The minimum Gasteiger partial charge on any atom is -0.462 e. The number of hydrogen-bond donors (Lipinski definition) is 0. The molecule has 1 aromatic carbocycles. The van der Waals surface area contributed by atoms with Crippen LogP contribution in [0.25, 0.3) is 16.7 Å². The fourth-order valence-corrected chi connectivity index (χ4v) is 3.07. The molecule has 0 bridgehead atoms. The van der Waals surface area contributed by atoms with Gasteiger partial charge in [-0.05, 0) is 42.8 Å². The molecule has 0 aliphatic carbocycles. The quantitative estimate of drug-likeness (QED) is 0.502. The van der Waals surface area contributed by atoms with Crippen LogP contribution in [0.3, 0.4) is 0 Å². The van der Waals surface area contributed by atoms with Crippen LogP contribution in [-0.2, 0) is 11.3 Å². The molecule has 0 saturated heterocycles. The molecule has 0 amide bonds. The zero-order valence-corrected chi connectivity index (χ0v) is 15.3. The third-order valence-electron chi connectivity index (χ3n) is 4.39. The summed E-state index contributed by atoms with van der Waals surface area (Å²) >= 11 is 0. The normalized spacial score (nSPS) is 10.9. The van der Waals surface area contributed by atoms with Crippen molar-refractivity contribution in [2.24, 2.45) is 0 Å². The first-order valence-electron chi connectivity index (χ1n) is 8.91. The van der Waals surface area contributed by atoms with E-state index >= 15 is 0 Å². The molecule has 3 aromatic heterocycles. The lowest BCUT2D eigenvalue weighted by Gasteiger charge is -2.13. The molecule has 0 atom stereocenters. The van der Waals surface area contributed by atoms with Crippen LogP contribution >= 0.6 is 0 Å². The van der Waals surface area contributed by atoms with Gasteiger partial charge in [0.25, 0.3) is 0 Å². The van der Waals surface area contributed by atoms with Gasteiger partial charge in [-0.1, -0.05) is 12.1 Å². The van der Waals surface area contributed by atoms with Gasteiger partial charge in [0.1, 0.15) is 11.1 Å². The van der Waals surface area contributed by atoms with Crippen LogP contribution in [0, 0.1) is 0 Å². The number of aromatic nitrogens is 4. The highest BCUT2D eigenvalue weighted by Gasteiger charge is 2.17. The van der Waals surface area contributed by atoms with Gasteiger partial charge in [-0.15, -0.1) is 0 Å². The molecule has 7 nitrogen and oxygen atoms in total. The Hall–Kier alpha value is -3.74. The van der Waals surface area contributed by atoms with E-state index in [4.69, 9.17) is 4.74 Å². The summed E-state index contributed by atoms with van der Waals surface area (Å²) in [5.74, 6) is -0.636. The molecular formula is C21H18N4O3. The topological polar surface area (TPSA) is 79.0 Å². The molecule has 0 radical (unpaired) electrons. The molecule has 0 N–H and O–H groups in total. The highest BCUT2D eigenvalue weighted by molar-refractivity contribution is 5.92. The number of ether oxygens (including phenoxy) is 1. The van der Waals surface area contributed by atoms with E-state index in [-0.39, 0.29) is 17.7 Å². The predicted molar refractivity (Wildman–Crippen MR) is 105 cm³/mol. The van der Waals surface area contributed by atoms with E-state index in [1.807, 2.05) is 47.2 Å². The first kappa shape index (κ1) is 17.7. The summed E-state index contributed by atoms with van der Waals surface area (Å²) in [5, 5.41) is 4.22. The highest BCUT2D eigenvalue weighted by Crippen LogP contribution is 2.15. The first-order valence-corrected chi connectivity index (χ1v) is 8.91. The Kier molecular flexibility index (Phi) is 4.72. The second-order valence-corrected chi connectivity index (χ2v) is 6.21. The summed E-state index contributed by atoms with van der Waals surface area (Å²) in [6, 6.07) is 13.4. The Labute approximate surface area is 160 Å². The highest BCUT2D eigenvalue weighted by atomic mass is 16.5. The zero-order chi connectivity index (χ0) is 19.5. The van der Waals surface area contributed by atoms with Crippen molar-refractivity contribution in [3.63, 3.8) is 0 Å². The lowest BCUT2D eigenvalue weighted by atomic mass is 10.1. The summed E-state index contributed by atoms with van der Waals surface area (Å²) in [6.45, 7) is 2.39. The van der Waals surface area contributed by atoms with Crippen molar-refractivity contribution in [3.8, 4) is 5.69 Å². The Bertz CT molecular complexity index is 1180. The van der Waals surface area contributed by atoms with Gasteiger partial charge in [0.05, 0.1) is 17.8 Å². The van der Waals surface area contributed by atoms with Crippen molar-refractivity contribution in [2.75, 3.05) is 6.61 Å². The van der Waals surface area contributed by atoms with Gasteiger partial charge in [-0.3, -0.25) is 9.78 Å². The van der Waals surface area contributed by atoms with E-state index in [0.29, 0.717) is 12.1 Å². The SMILES string of the molecule is CCOC(=O)c1cn(Cc2ccc(-n3cccn3)cc2)c2cccnc2c1=O. The molecule has 0 unspecified atom stereocenters. The fraction of sp³-hybridized carbons (Fsp3) is 0.143. The number of carbonyl (C=O) groups excluding carboxylic acids is 1. The van der Waals surface area contributed by atoms with Gasteiger partial charge in [-0.25, -0.2) is 9.48 Å². The third-order valence-corrected chi connectivity index (χ3v) is 4.39. The van der Waals surface area contributed by atoms with Gasteiger partial charge in [0, 0.05) is 31.3 Å². The molecule has 140 valence electrons. The maximum Gasteiger partial charge on any atom is 0.343 e. The largest absolute Gasteiger partial charge is 0.462 e. The van der Waals surface area contributed by atoms with Crippen molar-refractivity contribution in [1.29, 1.82) is 0 Å². The molecule has 7 heteroatoms. The Morgan fingerprint density at radius 2 is 1.93 bits per heavy atom. The number of rotatable bonds is 5. The Balaban J connectivity index is 1.74. The Morgan fingerprint density at radius 3 is 2.64 bits per heavy atom. The fourth-order valence-electron chi connectivity index (χ4n) is 3.07. The number of fused-ring (bicyclic) bond motifs is 1. The van der Waals surface area contributed by atoms with E-state index in [1.54, 1.807) is 36.3 Å². The number of carbonyl (C=O) groups is 1. The smallest absolute Gasteiger partial charge is 0.343 e. The van der Waals surface area contributed by atoms with E-state index in [1.165, 1.54) is 0 Å². The van der Waals surface area contributed by atoms with Crippen LogP contribution < -0.4 is 5.43 Å². The molecule has 3 heterocycles. The summed E-state index contributed by atoms with van der Waals surface area (Å²) in [6.07, 6.45) is 6.69. The van der Waals surface area contributed by atoms with Crippen molar-refractivity contribution < 1.29 is 9.53 Å². The average molecular weight is 374 g/mol. The first-order chi connectivity index (χ1) is 13.7. The maximum atomic E-state index is 12.6. The monoisotopic (exact) mass is 374 g/mol. The second-order valence-electron chi connectivity index (χ2n) is 6.21. The molecule has 0 fully saturated rings. The molecular weight excluding hydrogens is 356 g/mol. The molecule has 28 heavy (non-hydrogen) atoms. The van der Waals surface area contributed by atoms with Crippen LogP contribution in [-0.4, -0.2) is 31.9 Å². The number of esters is 1. The number of pyridine rings is 2. The standard InChI is InChI=1S/C21H18N4O3/c1-2-28-21(27)17-14-24(18-5-3-10-22-19(18)20(17)26)13-15-6-8-16(9-7-15)25-12-4-11-23-25/h3-12,14H,2,13H2,1H3. The van der Waals surface area contributed by atoms with E-state index in [9.17, 15) is 9.59 Å². The lowest BCUT2D eigenvalue weighted by Crippen LogP contribution is -2.21. The van der Waals surface area contributed by atoms with Crippen LogP contribution in [0.15, 0.2) is 72.0 Å². The maximum absolute atomic E-state index is 12.6. The number of nitrogens with zero attached hydrogens (tertiary/aromatic N) is 4. The van der Waals surface area contributed by atoms with Crippen molar-refractivity contribution >= 4 is 17.0 Å². The van der Waals surface area contributed by atoms with E-state index in [2.05, 4.69) is 10.1 Å². The third kappa shape index (κ3) is 3.29. The van der Waals surface area contributed by atoms with Crippen molar-refractivity contribution in [1.82, 2.24) is 19.3 Å². The van der Waals surface area contributed by atoms with E-state index < -0.39 is 11.4 Å². The van der Waals surface area contributed by atoms with Gasteiger partial charge in [-0.2, -0.15) is 5.10 Å². The number of benzene rings is 1. The van der Waals surface area contributed by atoms with Crippen LogP contribution in [0.1, 0.15) is 22.8 Å². The average Bonchev–Trinajstić information content (AvgIpc) is 3.26. The zero-order valence-electron chi connectivity index (χ0n) is 15.3. The minimum absolute atomic E-state index is 0.0128. The lowest BCUT2D eigenvalue weighted by molar-refractivity contribution is 0.0524. The molecule has 0 aliphatic heterocycles. The second kappa shape index (κ2) is 7.48. The van der Waals surface area contributed by atoms with E-state index in [0.717, 1.165) is 11.3 Å². The summed E-state index contributed by atoms with van der Waals surface area (Å²) in [7, 11) is 0. The van der Waals surface area contributed by atoms with Gasteiger partial charge >= 0.3 is 5.97 Å². The molecule has 4 aromatic rings. The molecule has 4 rings (SSSR count). The van der Waals surface area contributed by atoms with Crippen LogP contribution in [0.5, 0.6) is 0 Å². The molecule has 0 spiro atoms. The van der Waals surface area contributed by atoms with Gasteiger partial charge < -0.3 is 9.30 Å². The van der Waals surface area contributed by atoms with Gasteiger partial charge in [0.2, 0.25) is 5.43 Å². The molecule has 0 saturated carbocycles. The van der Waals surface area contributed by atoms with Crippen LogP contribution in [0.4, 0.5) is 0 Å². The summed E-state index contributed by atoms with van der Waals surface area (Å²) in [4.78, 5) is 29.0.